The molecular formula is C21H26N2O2. The van der Waals surface area contributed by atoms with Gasteiger partial charge in [0.05, 0.1) is 14.2 Å². The van der Waals surface area contributed by atoms with Crippen LogP contribution >= 0.6 is 0 Å². The number of anilines is 1. The van der Waals surface area contributed by atoms with E-state index in [0.29, 0.717) is 6.04 Å². The maximum absolute atomic E-state index is 5.54. The fourth-order valence-corrected chi connectivity index (χ4v) is 4.17. The molecule has 0 aromatic heterocycles. The van der Waals surface area contributed by atoms with E-state index in [9.17, 15) is 0 Å². The van der Waals surface area contributed by atoms with Crippen molar-refractivity contribution in [3.63, 3.8) is 0 Å². The summed E-state index contributed by atoms with van der Waals surface area (Å²) in [5.74, 6) is 1.67. The van der Waals surface area contributed by atoms with Gasteiger partial charge in [0.15, 0.2) is 11.5 Å². The lowest BCUT2D eigenvalue weighted by atomic mass is 9.83. The molecule has 2 aromatic carbocycles. The minimum atomic E-state index is 0.432. The van der Waals surface area contributed by atoms with Crippen LogP contribution in [0.4, 0.5) is 5.69 Å². The number of fused-ring (bicyclic) bond motifs is 4. The molecule has 0 fully saturated rings. The smallest absolute Gasteiger partial charge is 0.161 e. The summed E-state index contributed by atoms with van der Waals surface area (Å²) in [6.07, 6.45) is 2.13. The molecule has 0 bridgehead atoms. The molecular weight excluding hydrogens is 312 g/mol. The molecule has 4 nitrogen and oxygen atoms in total. The van der Waals surface area contributed by atoms with E-state index in [0.717, 1.165) is 37.4 Å². The highest BCUT2D eigenvalue weighted by molar-refractivity contribution is 5.53. The first kappa shape index (κ1) is 16.3. The van der Waals surface area contributed by atoms with Crippen LogP contribution in [0.5, 0.6) is 11.5 Å². The number of rotatable bonds is 3. The predicted octanol–water partition coefficient (Wildman–Crippen LogP) is 3.43. The number of methoxy groups -OCH3 is 2. The Balaban J connectivity index is 1.72. The molecule has 0 saturated carbocycles. The average Bonchev–Trinajstić information content (AvgIpc) is 2.64. The van der Waals surface area contributed by atoms with Crippen molar-refractivity contribution in [2.75, 3.05) is 39.8 Å². The second kappa shape index (κ2) is 6.26. The van der Waals surface area contributed by atoms with Gasteiger partial charge in [-0.3, -0.25) is 4.90 Å². The maximum atomic E-state index is 5.54. The molecule has 0 saturated heterocycles. The number of benzene rings is 2. The number of hydrogen-bond acceptors (Lipinski definition) is 4. The van der Waals surface area contributed by atoms with Gasteiger partial charge in [0.2, 0.25) is 0 Å². The highest BCUT2D eigenvalue weighted by Crippen LogP contribution is 2.42. The van der Waals surface area contributed by atoms with Crippen molar-refractivity contribution in [2.45, 2.75) is 25.4 Å². The Hall–Kier alpha value is -2.20. The lowest BCUT2D eigenvalue weighted by Gasteiger charge is -2.42. The third-order valence-corrected chi connectivity index (χ3v) is 5.61. The minimum absolute atomic E-state index is 0.432. The lowest BCUT2D eigenvalue weighted by molar-refractivity contribution is 0.160. The molecule has 0 aliphatic carbocycles. The highest BCUT2D eigenvalue weighted by atomic mass is 16.5. The van der Waals surface area contributed by atoms with E-state index in [-0.39, 0.29) is 0 Å². The van der Waals surface area contributed by atoms with Crippen molar-refractivity contribution in [1.29, 1.82) is 0 Å². The average molecular weight is 338 g/mol. The third kappa shape index (κ3) is 2.74. The SMILES string of the molecule is COc1cc2c(cc1OC)C1Cc3ccc(N(C)C)cc3CN1CC2. The zero-order chi connectivity index (χ0) is 17.6. The summed E-state index contributed by atoms with van der Waals surface area (Å²) in [6.45, 7) is 2.12. The topological polar surface area (TPSA) is 24.9 Å². The van der Waals surface area contributed by atoms with Crippen molar-refractivity contribution < 1.29 is 9.47 Å². The van der Waals surface area contributed by atoms with Crippen molar-refractivity contribution in [3.05, 3.63) is 52.6 Å². The Labute approximate surface area is 150 Å². The second-order valence-electron chi connectivity index (χ2n) is 7.19. The van der Waals surface area contributed by atoms with Crippen LogP contribution in [0.2, 0.25) is 0 Å². The summed E-state index contributed by atoms with van der Waals surface area (Å²) in [4.78, 5) is 4.78. The van der Waals surface area contributed by atoms with Gasteiger partial charge >= 0.3 is 0 Å². The van der Waals surface area contributed by atoms with Gasteiger partial charge in [0, 0.05) is 38.9 Å². The Bertz CT molecular complexity index is 801. The standard InChI is InChI=1S/C21H26N2O2/c1-22(2)17-6-5-14-10-19-18-12-21(25-4)20(24-3)11-15(18)7-8-23(19)13-16(14)9-17/h5-6,9,11-12,19H,7-8,10,13H2,1-4H3. The van der Waals surface area contributed by atoms with Gasteiger partial charge in [-0.2, -0.15) is 0 Å². The van der Waals surface area contributed by atoms with Gasteiger partial charge in [0.25, 0.3) is 0 Å². The Morgan fingerprint density at radius 1 is 0.960 bits per heavy atom. The zero-order valence-corrected chi connectivity index (χ0v) is 15.5. The summed E-state index contributed by atoms with van der Waals surface area (Å²) in [5, 5.41) is 0. The van der Waals surface area contributed by atoms with Crippen LogP contribution in [0.3, 0.4) is 0 Å². The van der Waals surface area contributed by atoms with Crippen LogP contribution in [0.25, 0.3) is 0 Å². The summed E-state index contributed by atoms with van der Waals surface area (Å²) >= 11 is 0. The maximum Gasteiger partial charge on any atom is 0.161 e. The molecule has 4 rings (SSSR count). The molecule has 4 heteroatoms. The Morgan fingerprint density at radius 3 is 2.44 bits per heavy atom. The van der Waals surface area contributed by atoms with Crippen LogP contribution in [-0.4, -0.2) is 39.8 Å². The molecule has 1 atom stereocenters. The second-order valence-corrected chi connectivity index (χ2v) is 7.19. The van der Waals surface area contributed by atoms with Crippen LogP contribution in [0, 0.1) is 0 Å². The Morgan fingerprint density at radius 2 is 1.72 bits per heavy atom. The Kier molecular flexibility index (Phi) is 4.08. The normalized spacial score (nSPS) is 18.8. The van der Waals surface area contributed by atoms with Gasteiger partial charge in [-0.25, -0.2) is 0 Å². The highest BCUT2D eigenvalue weighted by Gasteiger charge is 2.33. The monoisotopic (exact) mass is 338 g/mol. The first-order valence-electron chi connectivity index (χ1n) is 8.88. The van der Waals surface area contributed by atoms with Crippen molar-refractivity contribution >= 4 is 5.69 Å². The number of nitrogens with zero attached hydrogens (tertiary/aromatic N) is 2. The van der Waals surface area contributed by atoms with Crippen LogP contribution in [0.15, 0.2) is 30.3 Å². The molecule has 2 aliphatic rings. The summed E-state index contributed by atoms with van der Waals surface area (Å²) in [6, 6.07) is 11.7. The molecule has 0 amide bonds. The van der Waals surface area contributed by atoms with Gasteiger partial charge in [-0.15, -0.1) is 0 Å². The zero-order valence-electron chi connectivity index (χ0n) is 15.5. The molecule has 1 unspecified atom stereocenters. The van der Waals surface area contributed by atoms with Crippen molar-refractivity contribution in [3.8, 4) is 11.5 Å². The minimum Gasteiger partial charge on any atom is -0.493 e. The summed E-state index contributed by atoms with van der Waals surface area (Å²) in [7, 11) is 7.62. The molecule has 25 heavy (non-hydrogen) atoms. The fraction of sp³-hybridized carbons (Fsp3) is 0.429. The molecule has 0 spiro atoms. The molecule has 132 valence electrons. The van der Waals surface area contributed by atoms with E-state index in [1.807, 2.05) is 0 Å². The lowest BCUT2D eigenvalue weighted by Crippen LogP contribution is -2.39. The molecule has 0 N–H and O–H groups in total. The fourth-order valence-electron chi connectivity index (χ4n) is 4.17. The van der Waals surface area contributed by atoms with Crippen molar-refractivity contribution in [2.24, 2.45) is 0 Å². The van der Waals surface area contributed by atoms with Crippen LogP contribution in [-0.2, 0) is 19.4 Å². The summed E-state index contributed by atoms with van der Waals surface area (Å²) in [5.41, 5.74) is 7.00. The van der Waals surface area contributed by atoms with E-state index in [2.05, 4.69) is 54.2 Å². The largest absolute Gasteiger partial charge is 0.493 e. The van der Waals surface area contributed by atoms with E-state index >= 15 is 0 Å². The first-order chi connectivity index (χ1) is 12.1. The number of ether oxygens (including phenoxy) is 2. The third-order valence-electron chi connectivity index (χ3n) is 5.61. The summed E-state index contributed by atoms with van der Waals surface area (Å²) < 4.78 is 11.0. The van der Waals surface area contributed by atoms with Gasteiger partial charge in [-0.1, -0.05) is 6.07 Å². The van der Waals surface area contributed by atoms with E-state index in [1.54, 1.807) is 14.2 Å². The van der Waals surface area contributed by atoms with Gasteiger partial charge in [0.1, 0.15) is 0 Å². The predicted molar refractivity (Wildman–Crippen MR) is 101 cm³/mol. The van der Waals surface area contributed by atoms with Crippen molar-refractivity contribution in [1.82, 2.24) is 4.90 Å². The number of hydrogen-bond donors (Lipinski definition) is 0. The van der Waals surface area contributed by atoms with Gasteiger partial charge < -0.3 is 14.4 Å². The van der Waals surface area contributed by atoms with E-state index < -0.39 is 0 Å². The van der Waals surface area contributed by atoms with E-state index in [1.165, 1.54) is 27.9 Å². The van der Waals surface area contributed by atoms with E-state index in [4.69, 9.17) is 9.47 Å². The van der Waals surface area contributed by atoms with Crippen LogP contribution in [0.1, 0.15) is 28.3 Å². The molecule has 0 radical (unpaired) electrons. The molecule has 2 aromatic rings. The molecule has 2 aliphatic heterocycles. The van der Waals surface area contributed by atoms with Crippen LogP contribution < -0.4 is 14.4 Å². The quantitative estimate of drug-likeness (QED) is 0.856. The first-order valence-corrected chi connectivity index (χ1v) is 8.88. The molecule has 2 heterocycles. The van der Waals surface area contributed by atoms with Gasteiger partial charge in [-0.05, 0) is 59.4 Å².